The first-order valence-corrected chi connectivity index (χ1v) is 11.3. The second kappa shape index (κ2) is 10.8. The van der Waals surface area contributed by atoms with Crippen LogP contribution < -0.4 is 10.6 Å². The molecule has 0 saturated carbocycles. The number of amides is 2. The van der Waals surface area contributed by atoms with Gasteiger partial charge in [-0.3, -0.25) is 14.5 Å². The number of benzene rings is 2. The van der Waals surface area contributed by atoms with E-state index < -0.39 is 33.6 Å². The molecule has 0 heterocycles. The number of nitrogens with one attached hydrogen (secondary N) is 2. The smallest absolute Gasteiger partial charge is 0.325 e. The van der Waals surface area contributed by atoms with Crippen molar-refractivity contribution < 1.29 is 31.2 Å². The molecule has 2 aromatic carbocycles. The summed E-state index contributed by atoms with van der Waals surface area (Å²) in [6.07, 6.45) is -4.62. The number of carbonyl (C=O) groups is 2. The van der Waals surface area contributed by atoms with Gasteiger partial charge in [0.15, 0.2) is 0 Å². The lowest BCUT2D eigenvalue weighted by Crippen LogP contribution is -2.38. The number of carbonyl (C=O) groups excluding carboxylic acids is 2. The minimum atomic E-state index is -4.62. The molecule has 8 nitrogen and oxygen atoms in total. The highest BCUT2D eigenvalue weighted by atomic mass is 32.2. The van der Waals surface area contributed by atoms with E-state index in [0.29, 0.717) is 12.2 Å². The van der Waals surface area contributed by atoms with Gasteiger partial charge in [-0.1, -0.05) is 19.1 Å². The summed E-state index contributed by atoms with van der Waals surface area (Å²) in [6.45, 7) is 1.51. The molecule has 0 bridgehead atoms. The quantitative estimate of drug-likeness (QED) is 0.568. The lowest BCUT2D eigenvalue weighted by molar-refractivity contribution is -0.137. The van der Waals surface area contributed by atoms with Gasteiger partial charge in [-0.2, -0.15) is 13.2 Å². The van der Waals surface area contributed by atoms with Gasteiger partial charge in [0.25, 0.3) is 0 Å². The highest BCUT2D eigenvalue weighted by Gasteiger charge is 2.33. The molecule has 0 aliphatic heterocycles. The summed E-state index contributed by atoms with van der Waals surface area (Å²) in [7, 11) is -0.789. The summed E-state index contributed by atoms with van der Waals surface area (Å²) in [4.78, 5) is 26.1. The van der Waals surface area contributed by atoms with Crippen molar-refractivity contribution in [1.29, 1.82) is 0 Å². The predicted molar refractivity (Wildman–Crippen MR) is 118 cm³/mol. The maximum absolute atomic E-state index is 13.1. The Balaban J connectivity index is 1.97. The lowest BCUT2D eigenvalue weighted by Gasteiger charge is -2.20. The summed E-state index contributed by atoms with van der Waals surface area (Å²) in [5, 5.41) is 4.84. The fraction of sp³-hybridized carbons (Fsp3) is 0.333. The molecule has 2 aromatic rings. The van der Waals surface area contributed by atoms with E-state index in [0.717, 1.165) is 16.4 Å². The zero-order valence-corrected chi connectivity index (χ0v) is 19.1. The zero-order valence-electron chi connectivity index (χ0n) is 18.3. The maximum Gasteiger partial charge on any atom is 0.418 e. The zero-order chi connectivity index (χ0) is 24.8. The van der Waals surface area contributed by atoms with Crippen molar-refractivity contribution in [2.75, 3.05) is 44.4 Å². The van der Waals surface area contributed by atoms with Gasteiger partial charge in [0, 0.05) is 19.8 Å². The van der Waals surface area contributed by atoms with Crippen molar-refractivity contribution in [2.45, 2.75) is 18.0 Å². The molecule has 0 unspecified atom stereocenters. The third kappa shape index (κ3) is 7.27. The molecule has 2 amide bonds. The maximum atomic E-state index is 13.1. The molecular weight excluding hydrogens is 461 g/mol. The summed E-state index contributed by atoms with van der Waals surface area (Å²) in [5.41, 5.74) is -0.959. The van der Waals surface area contributed by atoms with Gasteiger partial charge in [0.1, 0.15) is 0 Å². The van der Waals surface area contributed by atoms with Crippen molar-refractivity contribution in [3.8, 4) is 0 Å². The van der Waals surface area contributed by atoms with E-state index in [9.17, 15) is 31.2 Å². The van der Waals surface area contributed by atoms with Crippen LogP contribution in [-0.4, -0.2) is 63.2 Å². The van der Waals surface area contributed by atoms with Crippen LogP contribution in [0.1, 0.15) is 12.5 Å². The molecule has 0 spiro atoms. The van der Waals surface area contributed by atoms with E-state index in [2.05, 4.69) is 10.6 Å². The minimum absolute atomic E-state index is 0.0662. The van der Waals surface area contributed by atoms with Crippen LogP contribution >= 0.6 is 0 Å². The first-order valence-electron chi connectivity index (χ1n) is 9.85. The van der Waals surface area contributed by atoms with Crippen molar-refractivity contribution in [2.24, 2.45) is 0 Å². The van der Waals surface area contributed by atoms with E-state index in [-0.39, 0.29) is 23.7 Å². The molecule has 2 rings (SSSR count). The molecule has 0 saturated heterocycles. The first kappa shape index (κ1) is 26.3. The molecule has 0 radical (unpaired) electrons. The van der Waals surface area contributed by atoms with Crippen molar-refractivity contribution in [3.63, 3.8) is 0 Å². The fourth-order valence-corrected chi connectivity index (χ4v) is 3.74. The van der Waals surface area contributed by atoms with Crippen LogP contribution in [0.25, 0.3) is 0 Å². The standard InChI is InChI=1S/C21H25F3N4O4S/c1-4-28(14-20(30)26-18-8-6-5-7-17(18)21(22,23)24)13-19(29)25-15-9-11-16(12-10-15)33(31,32)27(2)3/h5-12H,4,13-14H2,1-3H3,(H,25,29)(H,26,30). The van der Waals surface area contributed by atoms with Gasteiger partial charge < -0.3 is 10.6 Å². The number of hydrogen-bond donors (Lipinski definition) is 2. The van der Waals surface area contributed by atoms with Gasteiger partial charge in [0.2, 0.25) is 21.8 Å². The Morgan fingerprint density at radius 1 is 0.909 bits per heavy atom. The van der Waals surface area contributed by atoms with Crippen LogP contribution in [0.2, 0.25) is 0 Å². The average Bonchev–Trinajstić information content (AvgIpc) is 2.73. The molecule has 0 fully saturated rings. The molecule has 2 N–H and O–H groups in total. The number of hydrogen-bond acceptors (Lipinski definition) is 5. The number of alkyl halides is 3. The third-order valence-electron chi connectivity index (χ3n) is 4.60. The van der Waals surface area contributed by atoms with Gasteiger partial charge in [-0.15, -0.1) is 0 Å². The summed E-state index contributed by atoms with van der Waals surface area (Å²) >= 11 is 0. The monoisotopic (exact) mass is 486 g/mol. The predicted octanol–water partition coefficient (Wildman–Crippen LogP) is 2.85. The van der Waals surface area contributed by atoms with E-state index in [1.165, 1.54) is 55.4 Å². The Bertz CT molecular complexity index is 1090. The van der Waals surface area contributed by atoms with Crippen molar-refractivity contribution in [3.05, 3.63) is 54.1 Å². The number of likely N-dealkylation sites (N-methyl/N-ethyl adjacent to an activating group) is 1. The molecule has 180 valence electrons. The van der Waals surface area contributed by atoms with Gasteiger partial charge in [0.05, 0.1) is 29.2 Å². The molecule has 12 heteroatoms. The molecule has 0 aromatic heterocycles. The largest absolute Gasteiger partial charge is 0.418 e. The van der Waals surface area contributed by atoms with E-state index in [1.54, 1.807) is 6.92 Å². The Hall–Kier alpha value is -2.96. The topological polar surface area (TPSA) is 98.8 Å². The van der Waals surface area contributed by atoms with E-state index in [4.69, 9.17) is 0 Å². The number of sulfonamides is 1. The highest BCUT2D eigenvalue weighted by molar-refractivity contribution is 7.89. The Kier molecular flexibility index (Phi) is 8.58. The SMILES string of the molecule is CCN(CC(=O)Nc1ccc(S(=O)(=O)N(C)C)cc1)CC(=O)Nc1ccccc1C(F)(F)F. The van der Waals surface area contributed by atoms with Gasteiger partial charge in [-0.05, 0) is 42.9 Å². The van der Waals surface area contributed by atoms with Crippen molar-refractivity contribution in [1.82, 2.24) is 9.21 Å². The minimum Gasteiger partial charge on any atom is -0.325 e. The normalized spacial score (nSPS) is 12.1. The number of nitrogens with zero attached hydrogens (tertiary/aromatic N) is 2. The Labute approximate surface area is 190 Å². The first-order chi connectivity index (χ1) is 15.3. The van der Waals surface area contributed by atoms with Crippen LogP contribution in [0.3, 0.4) is 0 Å². The molecule has 0 atom stereocenters. The van der Waals surface area contributed by atoms with Crippen molar-refractivity contribution >= 4 is 33.2 Å². The number of anilines is 2. The van der Waals surface area contributed by atoms with Crippen LogP contribution in [0.5, 0.6) is 0 Å². The lowest BCUT2D eigenvalue weighted by atomic mass is 10.1. The van der Waals surface area contributed by atoms with Crippen LogP contribution in [0.4, 0.5) is 24.5 Å². The average molecular weight is 487 g/mol. The number of halogens is 3. The van der Waals surface area contributed by atoms with Gasteiger partial charge in [-0.25, -0.2) is 12.7 Å². The second-order valence-corrected chi connectivity index (χ2v) is 9.41. The summed E-state index contributed by atoms with van der Waals surface area (Å²) in [5.74, 6) is -1.16. The van der Waals surface area contributed by atoms with Crippen LogP contribution in [0.15, 0.2) is 53.4 Å². The van der Waals surface area contributed by atoms with Crippen LogP contribution in [0, 0.1) is 0 Å². The fourth-order valence-electron chi connectivity index (χ4n) is 2.84. The highest BCUT2D eigenvalue weighted by Crippen LogP contribution is 2.34. The Morgan fingerprint density at radius 3 is 1.97 bits per heavy atom. The molecular formula is C21H25F3N4O4S. The Morgan fingerprint density at radius 2 is 1.45 bits per heavy atom. The summed E-state index contributed by atoms with van der Waals surface area (Å²) in [6, 6.07) is 10.2. The van der Waals surface area contributed by atoms with E-state index >= 15 is 0 Å². The van der Waals surface area contributed by atoms with Gasteiger partial charge >= 0.3 is 6.18 Å². The van der Waals surface area contributed by atoms with Crippen LogP contribution in [-0.2, 0) is 25.8 Å². The number of para-hydroxylation sites is 1. The van der Waals surface area contributed by atoms with E-state index in [1.807, 2.05) is 0 Å². The molecule has 0 aliphatic rings. The molecule has 33 heavy (non-hydrogen) atoms. The molecule has 0 aliphatic carbocycles. The third-order valence-corrected chi connectivity index (χ3v) is 6.43. The second-order valence-electron chi connectivity index (χ2n) is 7.25. The summed E-state index contributed by atoms with van der Waals surface area (Å²) < 4.78 is 64.5. The number of rotatable bonds is 9.